The topological polar surface area (TPSA) is 69.9 Å². The molecule has 2 heterocycles. The molecule has 5 rings (SSSR count). The van der Waals surface area contributed by atoms with Gasteiger partial charge in [-0.25, -0.2) is 9.79 Å². The van der Waals surface area contributed by atoms with E-state index in [0.29, 0.717) is 24.9 Å². The Bertz CT molecular complexity index is 1960. The molecule has 0 aliphatic carbocycles. The Hall–Kier alpha value is -2.65. The number of allylic oxidation sites excluding steroid dienone is 1. The van der Waals surface area contributed by atoms with Crippen molar-refractivity contribution in [3.05, 3.63) is 126 Å². The molecule has 0 bridgehead atoms. The number of esters is 1. The van der Waals surface area contributed by atoms with Gasteiger partial charge in [0, 0.05) is 20.1 Å². The van der Waals surface area contributed by atoms with Gasteiger partial charge in [-0.1, -0.05) is 74.7 Å². The zero-order valence-electron chi connectivity index (χ0n) is 22.4. The first kappa shape index (κ1) is 32.7. The van der Waals surface area contributed by atoms with E-state index in [4.69, 9.17) is 32.7 Å². The second-order valence-corrected chi connectivity index (χ2v) is 13.3. The van der Waals surface area contributed by atoms with Crippen LogP contribution >= 0.6 is 73.1 Å². The molecule has 0 spiro atoms. The predicted molar refractivity (Wildman–Crippen MR) is 175 cm³/mol. The molecule has 6 nitrogen and oxygen atoms in total. The normalized spacial score (nSPS) is 15.2. The van der Waals surface area contributed by atoms with Gasteiger partial charge in [0.1, 0.15) is 12.4 Å². The number of benzene rings is 3. The van der Waals surface area contributed by atoms with Crippen LogP contribution in [-0.2, 0) is 16.1 Å². The van der Waals surface area contributed by atoms with Crippen molar-refractivity contribution in [2.45, 2.75) is 25.7 Å². The van der Waals surface area contributed by atoms with Gasteiger partial charge in [-0.05, 0) is 83.1 Å². The third kappa shape index (κ3) is 6.94. The number of aromatic nitrogens is 1. The summed E-state index contributed by atoms with van der Waals surface area (Å²) in [5.41, 5.74) is -1.34. The summed E-state index contributed by atoms with van der Waals surface area (Å²) in [7, 11) is 0. The number of ether oxygens (including phenoxy) is 2. The summed E-state index contributed by atoms with van der Waals surface area (Å²) < 4.78 is 57.0. The number of hydrogen-bond donors (Lipinski definition) is 0. The Morgan fingerprint density at radius 2 is 1.80 bits per heavy atom. The summed E-state index contributed by atoms with van der Waals surface area (Å²) in [5, 5.41) is 0.692. The van der Waals surface area contributed by atoms with Crippen LogP contribution < -0.4 is 19.6 Å². The summed E-state index contributed by atoms with van der Waals surface area (Å²) in [6.07, 6.45) is -3.52. The van der Waals surface area contributed by atoms with Gasteiger partial charge in [-0.2, -0.15) is 13.2 Å². The van der Waals surface area contributed by atoms with E-state index >= 15 is 0 Å². The average Bonchev–Trinajstić information content (AvgIpc) is 3.27. The summed E-state index contributed by atoms with van der Waals surface area (Å²) in [6, 6.07) is 15.2. The van der Waals surface area contributed by atoms with Crippen molar-refractivity contribution < 1.29 is 27.4 Å². The van der Waals surface area contributed by atoms with E-state index < -0.39 is 35.0 Å². The predicted octanol–water partition coefficient (Wildman–Crippen LogP) is 7.59. The number of nitrogens with zero attached hydrogens (tertiary/aromatic N) is 2. The zero-order chi connectivity index (χ0) is 31.8. The monoisotopic (exact) mass is 836 g/mol. The molecule has 1 aromatic heterocycles. The highest BCUT2D eigenvalue weighted by Gasteiger charge is 2.45. The molecule has 1 aliphatic heterocycles. The smallest absolute Gasteiger partial charge is 0.434 e. The molecule has 0 fully saturated rings. The third-order valence-electron chi connectivity index (χ3n) is 6.40. The Morgan fingerprint density at radius 3 is 2.43 bits per heavy atom. The van der Waals surface area contributed by atoms with Crippen LogP contribution in [0.25, 0.3) is 6.08 Å². The fourth-order valence-electron chi connectivity index (χ4n) is 4.52. The summed E-state index contributed by atoms with van der Waals surface area (Å²) in [5.74, 6) is -0.799. The SMILES string of the molecule is CCOC(=O)C1=C(C(F)(F)F)N=c2s/c(=C\c3cc(Cl)cc(I)c3OCc3ccc(Br)cc3)c(=O)n2[C@H]1c1ccc(Cl)cc1. The van der Waals surface area contributed by atoms with Gasteiger partial charge >= 0.3 is 12.1 Å². The van der Waals surface area contributed by atoms with Crippen LogP contribution in [0, 0.1) is 3.57 Å². The van der Waals surface area contributed by atoms with Crippen molar-refractivity contribution in [1.29, 1.82) is 0 Å². The second-order valence-electron chi connectivity index (χ2n) is 9.34. The van der Waals surface area contributed by atoms with Crippen LogP contribution in [0.4, 0.5) is 13.2 Å². The molecule has 14 heteroatoms. The minimum Gasteiger partial charge on any atom is -0.487 e. The first-order valence-corrected chi connectivity index (χ1v) is 16.2. The number of alkyl halides is 3. The van der Waals surface area contributed by atoms with Crippen LogP contribution in [0.2, 0.25) is 10.0 Å². The number of thiazole rings is 1. The number of fused-ring (bicyclic) bond motifs is 1. The zero-order valence-corrected chi connectivity index (χ0v) is 28.5. The summed E-state index contributed by atoms with van der Waals surface area (Å²) in [6.45, 7) is 1.50. The average molecular weight is 838 g/mol. The van der Waals surface area contributed by atoms with Gasteiger partial charge in [-0.3, -0.25) is 9.36 Å². The lowest BCUT2D eigenvalue weighted by atomic mass is 9.95. The van der Waals surface area contributed by atoms with Crippen LogP contribution in [0.3, 0.4) is 0 Å². The molecule has 1 aliphatic rings. The maximum Gasteiger partial charge on any atom is 0.434 e. The molecule has 0 unspecified atom stereocenters. The standard InChI is InChI=1S/C30H19BrCl2F3IN2O4S/c1-2-42-28(41)23-24(16-5-9-19(32)10-6-16)39-27(40)22(44-29(39)38-26(23)30(34,35)36)12-17-11-20(33)13-21(37)25(17)43-14-15-3-7-18(31)8-4-15/h3-13,24H,2,14H2,1H3/b22-12-/t24-/m0/s1. The van der Waals surface area contributed by atoms with E-state index in [1.54, 1.807) is 12.1 Å². The van der Waals surface area contributed by atoms with Gasteiger partial charge in [0.05, 0.1) is 26.3 Å². The highest BCUT2D eigenvalue weighted by molar-refractivity contribution is 14.1. The van der Waals surface area contributed by atoms with Crippen molar-refractivity contribution in [2.24, 2.45) is 4.99 Å². The molecule has 0 radical (unpaired) electrons. The van der Waals surface area contributed by atoms with Gasteiger partial charge in [0.15, 0.2) is 10.5 Å². The number of carbonyl (C=O) groups excluding carboxylic acids is 1. The van der Waals surface area contributed by atoms with Crippen molar-refractivity contribution in [3.63, 3.8) is 0 Å². The van der Waals surface area contributed by atoms with Gasteiger partial charge in [0.25, 0.3) is 5.56 Å². The Labute approximate surface area is 284 Å². The molecule has 0 N–H and O–H groups in total. The second kappa shape index (κ2) is 13.4. The Balaban J connectivity index is 1.71. The molecule has 0 saturated carbocycles. The molecule has 44 heavy (non-hydrogen) atoms. The molecule has 1 atom stereocenters. The van der Waals surface area contributed by atoms with E-state index in [1.807, 2.05) is 24.3 Å². The molecule has 0 amide bonds. The van der Waals surface area contributed by atoms with E-state index in [1.165, 1.54) is 37.3 Å². The molecule has 4 aromatic rings. The minimum absolute atomic E-state index is 0.0564. The molecular weight excluding hydrogens is 819 g/mol. The quantitative estimate of drug-likeness (QED) is 0.142. The van der Waals surface area contributed by atoms with Gasteiger partial charge < -0.3 is 9.47 Å². The van der Waals surface area contributed by atoms with Crippen LogP contribution in [0.1, 0.15) is 29.7 Å². The lowest BCUT2D eigenvalue weighted by molar-refractivity contribution is -0.140. The van der Waals surface area contributed by atoms with Crippen LogP contribution in [-0.4, -0.2) is 23.3 Å². The first-order valence-electron chi connectivity index (χ1n) is 12.8. The fourth-order valence-corrected chi connectivity index (χ4v) is 7.11. The van der Waals surface area contributed by atoms with Crippen molar-refractivity contribution >= 4 is 85.1 Å². The lowest BCUT2D eigenvalue weighted by Crippen LogP contribution is -2.41. The maximum atomic E-state index is 14.4. The molecule has 228 valence electrons. The Morgan fingerprint density at radius 1 is 1.11 bits per heavy atom. The molecule has 0 saturated heterocycles. The fraction of sp³-hybridized carbons (Fsp3) is 0.167. The number of rotatable bonds is 7. The maximum absolute atomic E-state index is 14.4. The van der Waals surface area contributed by atoms with E-state index in [9.17, 15) is 22.8 Å². The lowest BCUT2D eigenvalue weighted by Gasteiger charge is -2.26. The van der Waals surface area contributed by atoms with E-state index in [0.717, 1.165) is 25.9 Å². The van der Waals surface area contributed by atoms with Crippen molar-refractivity contribution in [2.75, 3.05) is 6.61 Å². The Kier molecular flexibility index (Phi) is 9.95. The highest BCUT2D eigenvalue weighted by atomic mass is 127. The first-order chi connectivity index (χ1) is 20.9. The van der Waals surface area contributed by atoms with E-state index in [2.05, 4.69) is 43.5 Å². The van der Waals surface area contributed by atoms with Crippen molar-refractivity contribution in [1.82, 2.24) is 4.57 Å². The van der Waals surface area contributed by atoms with Gasteiger partial charge in [-0.15, -0.1) is 0 Å². The number of hydrogen-bond acceptors (Lipinski definition) is 6. The van der Waals surface area contributed by atoms with Crippen LogP contribution in [0.5, 0.6) is 5.75 Å². The van der Waals surface area contributed by atoms with Crippen molar-refractivity contribution in [3.8, 4) is 5.75 Å². The van der Waals surface area contributed by atoms with Crippen LogP contribution in [0.15, 0.2) is 86.2 Å². The molecular formula is C30H19BrCl2F3IN2O4S. The summed E-state index contributed by atoms with van der Waals surface area (Å²) in [4.78, 5) is 30.5. The highest BCUT2D eigenvalue weighted by Crippen LogP contribution is 2.38. The number of halogens is 7. The largest absolute Gasteiger partial charge is 0.487 e. The molecule has 3 aromatic carbocycles. The van der Waals surface area contributed by atoms with Gasteiger partial charge in [0.2, 0.25) is 0 Å². The minimum atomic E-state index is -5.01. The third-order valence-corrected chi connectivity index (χ3v) is 9.18. The number of carbonyl (C=O) groups is 1. The summed E-state index contributed by atoms with van der Waals surface area (Å²) >= 11 is 18.6. The van der Waals surface area contributed by atoms with E-state index in [-0.39, 0.29) is 28.1 Å².